The van der Waals surface area contributed by atoms with E-state index in [0.29, 0.717) is 18.7 Å². The molecule has 0 saturated heterocycles. The maximum atomic E-state index is 13.1. The predicted molar refractivity (Wildman–Crippen MR) is 120 cm³/mol. The number of rotatable bonds is 10. The van der Waals surface area contributed by atoms with Crippen LogP contribution in [0, 0.1) is 13.8 Å². The zero-order valence-electron chi connectivity index (χ0n) is 18.8. The maximum absolute atomic E-state index is 13.1. The van der Waals surface area contributed by atoms with Gasteiger partial charge in [0, 0.05) is 12.6 Å². The Morgan fingerprint density at radius 2 is 1.50 bits per heavy atom. The van der Waals surface area contributed by atoms with E-state index in [1.807, 2.05) is 83.1 Å². The molecule has 2 aromatic rings. The molecule has 0 bridgehead atoms. The molecule has 0 aliphatic heterocycles. The summed E-state index contributed by atoms with van der Waals surface area (Å²) in [6, 6.07) is 15.1. The van der Waals surface area contributed by atoms with Gasteiger partial charge in [-0.15, -0.1) is 0 Å². The van der Waals surface area contributed by atoms with Gasteiger partial charge in [-0.25, -0.2) is 0 Å². The summed E-state index contributed by atoms with van der Waals surface area (Å²) in [5.41, 5.74) is 3.27. The molecule has 2 amide bonds. The van der Waals surface area contributed by atoms with Gasteiger partial charge in [0.05, 0.1) is 0 Å². The first-order valence-corrected chi connectivity index (χ1v) is 10.7. The number of nitrogens with one attached hydrogen (secondary N) is 1. The van der Waals surface area contributed by atoms with Gasteiger partial charge in [0.2, 0.25) is 5.91 Å². The molecule has 162 valence electrons. The van der Waals surface area contributed by atoms with Crippen molar-refractivity contribution >= 4 is 11.8 Å². The second-order valence-corrected chi connectivity index (χ2v) is 7.85. The summed E-state index contributed by atoms with van der Waals surface area (Å²) in [5, 5.41) is 3.02. The van der Waals surface area contributed by atoms with Crippen LogP contribution >= 0.6 is 0 Å². The lowest BCUT2D eigenvalue weighted by Gasteiger charge is -2.31. The minimum atomic E-state index is -0.547. The van der Waals surface area contributed by atoms with Gasteiger partial charge >= 0.3 is 0 Å². The van der Waals surface area contributed by atoms with Crippen LogP contribution in [0.3, 0.4) is 0 Å². The molecule has 0 saturated carbocycles. The van der Waals surface area contributed by atoms with E-state index in [4.69, 9.17) is 4.74 Å². The molecular formula is C25H34N2O3. The van der Waals surface area contributed by atoms with Crippen molar-refractivity contribution in [3.63, 3.8) is 0 Å². The molecule has 2 rings (SSSR count). The summed E-state index contributed by atoms with van der Waals surface area (Å²) in [4.78, 5) is 27.7. The molecule has 2 aromatic carbocycles. The largest absolute Gasteiger partial charge is 0.484 e. The number of benzene rings is 2. The van der Waals surface area contributed by atoms with Crippen molar-refractivity contribution in [2.45, 2.75) is 66.1 Å². The first-order valence-electron chi connectivity index (χ1n) is 10.7. The molecule has 0 fully saturated rings. The fourth-order valence-electron chi connectivity index (χ4n) is 3.11. The summed E-state index contributed by atoms with van der Waals surface area (Å²) >= 11 is 0. The highest BCUT2D eigenvalue weighted by Crippen LogP contribution is 2.16. The second-order valence-electron chi connectivity index (χ2n) is 7.85. The Balaban J connectivity index is 2.19. The Kier molecular flexibility index (Phi) is 8.90. The lowest BCUT2D eigenvalue weighted by Crippen LogP contribution is -2.51. The summed E-state index contributed by atoms with van der Waals surface area (Å²) in [5.74, 6) is 0.311. The summed E-state index contributed by atoms with van der Waals surface area (Å²) in [6.45, 7) is 10.2. The molecule has 2 unspecified atom stereocenters. The van der Waals surface area contributed by atoms with Gasteiger partial charge in [-0.05, 0) is 51.3 Å². The van der Waals surface area contributed by atoms with Gasteiger partial charge in [-0.1, -0.05) is 61.4 Å². The standard InChI is InChI=1S/C25H34N2O3/c1-6-20(5)26-25(29)23(7-2)27(16-21-12-8-18(3)9-13-21)24(28)17-30-22-14-10-19(4)11-15-22/h8-15,20,23H,6-7,16-17H2,1-5H3,(H,26,29). The lowest BCUT2D eigenvalue weighted by atomic mass is 10.1. The monoisotopic (exact) mass is 410 g/mol. The van der Waals surface area contributed by atoms with Gasteiger partial charge in [0.25, 0.3) is 5.91 Å². The quantitative estimate of drug-likeness (QED) is 0.631. The molecule has 0 aliphatic carbocycles. The highest BCUT2D eigenvalue weighted by Gasteiger charge is 2.29. The van der Waals surface area contributed by atoms with Gasteiger partial charge in [-0.2, -0.15) is 0 Å². The predicted octanol–water partition coefficient (Wildman–Crippen LogP) is 4.40. The zero-order valence-corrected chi connectivity index (χ0v) is 18.8. The Morgan fingerprint density at radius 1 is 0.933 bits per heavy atom. The zero-order chi connectivity index (χ0) is 22.1. The molecule has 30 heavy (non-hydrogen) atoms. The van der Waals surface area contributed by atoms with Gasteiger partial charge < -0.3 is 15.0 Å². The highest BCUT2D eigenvalue weighted by atomic mass is 16.5. The summed E-state index contributed by atoms with van der Waals surface area (Å²) in [6.07, 6.45) is 1.37. The lowest BCUT2D eigenvalue weighted by molar-refractivity contribution is -0.143. The Hall–Kier alpha value is -2.82. The fourth-order valence-corrected chi connectivity index (χ4v) is 3.11. The minimum absolute atomic E-state index is 0.0617. The van der Waals surface area contributed by atoms with Crippen LogP contribution in [0.15, 0.2) is 48.5 Å². The van der Waals surface area contributed by atoms with Crippen molar-refractivity contribution < 1.29 is 14.3 Å². The van der Waals surface area contributed by atoms with Crippen LogP contribution in [0.25, 0.3) is 0 Å². The average Bonchev–Trinajstić information content (AvgIpc) is 2.74. The summed E-state index contributed by atoms with van der Waals surface area (Å²) in [7, 11) is 0. The molecule has 5 heteroatoms. The number of hydrogen-bond acceptors (Lipinski definition) is 3. The van der Waals surface area contributed by atoms with E-state index in [1.54, 1.807) is 4.90 Å². The third kappa shape index (κ3) is 6.90. The number of ether oxygens (including phenoxy) is 1. The number of aryl methyl sites for hydroxylation is 2. The van der Waals surface area contributed by atoms with Crippen molar-refractivity contribution in [1.82, 2.24) is 10.2 Å². The molecule has 0 spiro atoms. The van der Waals surface area contributed by atoms with E-state index in [1.165, 1.54) is 0 Å². The molecule has 0 radical (unpaired) electrons. The molecule has 5 nitrogen and oxygen atoms in total. The minimum Gasteiger partial charge on any atom is -0.484 e. The third-order valence-corrected chi connectivity index (χ3v) is 5.24. The SMILES string of the molecule is CCC(C)NC(=O)C(CC)N(Cc1ccc(C)cc1)C(=O)COc1ccc(C)cc1. The topological polar surface area (TPSA) is 58.6 Å². The normalized spacial score (nSPS) is 12.7. The van der Waals surface area contributed by atoms with E-state index >= 15 is 0 Å². The number of carbonyl (C=O) groups excluding carboxylic acids is 2. The van der Waals surface area contributed by atoms with Crippen molar-refractivity contribution in [1.29, 1.82) is 0 Å². The van der Waals surface area contributed by atoms with Gasteiger partial charge in [0.1, 0.15) is 11.8 Å². The average molecular weight is 411 g/mol. The Morgan fingerprint density at radius 3 is 2.03 bits per heavy atom. The Labute approximate surface area is 180 Å². The molecular weight excluding hydrogens is 376 g/mol. The van der Waals surface area contributed by atoms with E-state index in [-0.39, 0.29) is 24.5 Å². The fraction of sp³-hybridized carbons (Fsp3) is 0.440. The van der Waals surface area contributed by atoms with Crippen molar-refractivity contribution in [3.05, 3.63) is 65.2 Å². The van der Waals surface area contributed by atoms with E-state index in [9.17, 15) is 9.59 Å². The van der Waals surface area contributed by atoms with Crippen LogP contribution in [0.2, 0.25) is 0 Å². The van der Waals surface area contributed by atoms with Gasteiger partial charge in [0.15, 0.2) is 6.61 Å². The molecule has 2 atom stereocenters. The molecule has 1 N–H and O–H groups in total. The molecule has 0 aliphatic rings. The number of nitrogens with zero attached hydrogens (tertiary/aromatic N) is 1. The maximum Gasteiger partial charge on any atom is 0.261 e. The van der Waals surface area contributed by atoms with Crippen molar-refractivity contribution in [2.24, 2.45) is 0 Å². The number of amides is 2. The number of hydrogen-bond donors (Lipinski definition) is 1. The van der Waals surface area contributed by atoms with Crippen LogP contribution in [0.1, 0.15) is 50.3 Å². The molecule has 0 heterocycles. The molecule has 0 aromatic heterocycles. The first kappa shape index (κ1) is 23.5. The second kappa shape index (κ2) is 11.4. The highest BCUT2D eigenvalue weighted by molar-refractivity contribution is 5.88. The van der Waals surface area contributed by atoms with Crippen LogP contribution < -0.4 is 10.1 Å². The van der Waals surface area contributed by atoms with Crippen LogP contribution in [0.4, 0.5) is 0 Å². The van der Waals surface area contributed by atoms with E-state index in [2.05, 4.69) is 5.32 Å². The van der Waals surface area contributed by atoms with Crippen LogP contribution in [0.5, 0.6) is 5.75 Å². The van der Waals surface area contributed by atoms with Gasteiger partial charge in [-0.3, -0.25) is 9.59 Å². The van der Waals surface area contributed by atoms with Crippen LogP contribution in [-0.2, 0) is 16.1 Å². The first-order chi connectivity index (χ1) is 14.3. The summed E-state index contributed by atoms with van der Waals surface area (Å²) < 4.78 is 5.71. The third-order valence-electron chi connectivity index (χ3n) is 5.24. The van der Waals surface area contributed by atoms with E-state index < -0.39 is 6.04 Å². The van der Waals surface area contributed by atoms with E-state index in [0.717, 1.165) is 23.1 Å². The number of carbonyl (C=O) groups is 2. The van der Waals surface area contributed by atoms with Crippen molar-refractivity contribution in [3.8, 4) is 5.75 Å². The van der Waals surface area contributed by atoms with Crippen LogP contribution in [-0.4, -0.2) is 35.4 Å². The Bertz CT molecular complexity index is 815. The van der Waals surface area contributed by atoms with Crippen molar-refractivity contribution in [2.75, 3.05) is 6.61 Å². The smallest absolute Gasteiger partial charge is 0.261 e.